The number of carbonyl (C=O) groups is 1. The molecular formula is C29H40N8O2. The van der Waals surface area contributed by atoms with Gasteiger partial charge in [-0.3, -0.25) is 9.69 Å². The summed E-state index contributed by atoms with van der Waals surface area (Å²) in [5.41, 5.74) is 3.50. The van der Waals surface area contributed by atoms with Crippen molar-refractivity contribution in [3.63, 3.8) is 0 Å². The third kappa shape index (κ3) is 5.90. The molecule has 0 radical (unpaired) electrons. The molecule has 0 spiro atoms. The summed E-state index contributed by atoms with van der Waals surface area (Å²) in [5.74, 6) is 1.44. The van der Waals surface area contributed by atoms with Crippen molar-refractivity contribution in [1.29, 1.82) is 0 Å². The molecule has 1 amide bonds. The first-order valence-electron chi connectivity index (χ1n) is 14.3. The Hall–Kier alpha value is -3.53. The molecule has 208 valence electrons. The standard InChI is InChI=1S/C29H40N8O2/c1-5-21-8-10-22(11-9-21)28(38)35-14-12-24(13-15-35)37-17-16-36(19-23(37)6-2)26-20(4)32-25(18-31-26)27-33-34-29(39-27)30-7-3/h8-11,18,23-24H,5-7,12-17,19H2,1-4H3,(H,30,34). The highest BCUT2D eigenvalue weighted by Crippen LogP contribution is 2.28. The molecule has 0 aliphatic carbocycles. The molecule has 5 rings (SSSR count). The van der Waals surface area contributed by atoms with Gasteiger partial charge in [-0.15, -0.1) is 5.10 Å². The fraction of sp³-hybridized carbons (Fsp3) is 0.552. The maximum Gasteiger partial charge on any atom is 0.315 e. The summed E-state index contributed by atoms with van der Waals surface area (Å²) in [6.07, 6.45) is 5.81. The number of piperazine rings is 1. The number of amides is 1. The number of rotatable bonds is 8. The fourth-order valence-electron chi connectivity index (χ4n) is 5.81. The molecule has 1 atom stereocenters. The molecule has 39 heavy (non-hydrogen) atoms. The van der Waals surface area contributed by atoms with E-state index in [0.29, 0.717) is 36.2 Å². The largest absolute Gasteiger partial charge is 0.402 e. The van der Waals surface area contributed by atoms with Gasteiger partial charge < -0.3 is 19.5 Å². The SMILES string of the molecule is CCNc1nnc(-c2cnc(N3CCN(C4CCN(C(=O)c5ccc(CC)cc5)CC4)C(CC)C3)c(C)n2)o1. The van der Waals surface area contributed by atoms with E-state index in [2.05, 4.69) is 51.3 Å². The minimum absolute atomic E-state index is 0.156. The first kappa shape index (κ1) is 27.1. The van der Waals surface area contributed by atoms with Crippen molar-refractivity contribution in [2.24, 2.45) is 0 Å². The number of hydrogen-bond acceptors (Lipinski definition) is 9. The van der Waals surface area contributed by atoms with E-state index in [-0.39, 0.29) is 5.91 Å². The highest BCUT2D eigenvalue weighted by atomic mass is 16.4. The van der Waals surface area contributed by atoms with E-state index in [9.17, 15) is 4.79 Å². The van der Waals surface area contributed by atoms with E-state index < -0.39 is 0 Å². The van der Waals surface area contributed by atoms with Gasteiger partial charge in [-0.05, 0) is 57.2 Å². The second-order valence-corrected chi connectivity index (χ2v) is 10.4. The van der Waals surface area contributed by atoms with Crippen LogP contribution in [-0.2, 0) is 6.42 Å². The predicted molar refractivity (Wildman–Crippen MR) is 152 cm³/mol. The van der Waals surface area contributed by atoms with E-state index in [1.165, 1.54) is 5.56 Å². The molecule has 0 bridgehead atoms. The highest BCUT2D eigenvalue weighted by Gasteiger charge is 2.35. The first-order valence-corrected chi connectivity index (χ1v) is 14.3. The van der Waals surface area contributed by atoms with Gasteiger partial charge in [0.25, 0.3) is 11.8 Å². The van der Waals surface area contributed by atoms with Crippen LogP contribution in [0.15, 0.2) is 34.9 Å². The van der Waals surface area contributed by atoms with Crippen LogP contribution in [0.4, 0.5) is 11.8 Å². The summed E-state index contributed by atoms with van der Waals surface area (Å²) < 4.78 is 5.64. The molecule has 1 unspecified atom stereocenters. The Kier molecular flexibility index (Phi) is 8.40. The number of carbonyl (C=O) groups excluding carboxylic acids is 1. The zero-order chi connectivity index (χ0) is 27.4. The van der Waals surface area contributed by atoms with E-state index >= 15 is 0 Å². The predicted octanol–water partition coefficient (Wildman–Crippen LogP) is 4.03. The lowest BCUT2D eigenvalue weighted by atomic mass is 9.97. The lowest BCUT2D eigenvalue weighted by Gasteiger charge is -2.47. The minimum Gasteiger partial charge on any atom is -0.402 e. The van der Waals surface area contributed by atoms with Crippen LogP contribution >= 0.6 is 0 Å². The van der Waals surface area contributed by atoms with Gasteiger partial charge in [0.2, 0.25) is 0 Å². The highest BCUT2D eigenvalue weighted by molar-refractivity contribution is 5.94. The zero-order valence-electron chi connectivity index (χ0n) is 23.6. The van der Waals surface area contributed by atoms with Crippen molar-refractivity contribution in [3.05, 3.63) is 47.3 Å². The first-order chi connectivity index (χ1) is 19.0. The van der Waals surface area contributed by atoms with Crippen molar-refractivity contribution in [2.45, 2.75) is 65.5 Å². The lowest BCUT2D eigenvalue weighted by Crippen LogP contribution is -2.58. The number of likely N-dealkylation sites (tertiary alicyclic amines) is 1. The molecule has 10 nitrogen and oxygen atoms in total. The molecule has 2 aliphatic rings. The normalized spacial score (nSPS) is 18.9. The number of aromatic nitrogens is 4. The molecule has 3 aromatic rings. The average Bonchev–Trinajstić information content (AvgIpc) is 3.45. The molecule has 2 fully saturated rings. The number of nitrogens with one attached hydrogen (secondary N) is 1. The molecule has 2 aliphatic heterocycles. The summed E-state index contributed by atoms with van der Waals surface area (Å²) in [4.78, 5) is 29.6. The second kappa shape index (κ2) is 12.1. The van der Waals surface area contributed by atoms with Gasteiger partial charge in [0.05, 0.1) is 11.9 Å². The number of hydrogen-bond donors (Lipinski definition) is 1. The van der Waals surface area contributed by atoms with Gasteiger partial charge in [-0.1, -0.05) is 31.1 Å². The Morgan fingerprint density at radius 1 is 1.05 bits per heavy atom. The number of anilines is 2. The van der Waals surface area contributed by atoms with Crippen molar-refractivity contribution < 1.29 is 9.21 Å². The maximum absolute atomic E-state index is 13.1. The Morgan fingerprint density at radius 3 is 2.49 bits per heavy atom. The van der Waals surface area contributed by atoms with Crippen molar-refractivity contribution in [2.75, 3.05) is 49.5 Å². The molecule has 4 heterocycles. The second-order valence-electron chi connectivity index (χ2n) is 10.4. The van der Waals surface area contributed by atoms with Crippen LogP contribution in [0.25, 0.3) is 11.6 Å². The van der Waals surface area contributed by atoms with Crippen LogP contribution < -0.4 is 10.2 Å². The van der Waals surface area contributed by atoms with Crippen molar-refractivity contribution in [1.82, 2.24) is 30.0 Å². The Bertz CT molecular complexity index is 1250. The molecule has 1 aromatic carbocycles. The molecule has 10 heteroatoms. The molecule has 0 saturated carbocycles. The Labute approximate surface area is 230 Å². The molecular weight excluding hydrogens is 492 g/mol. The third-order valence-electron chi connectivity index (χ3n) is 8.02. The smallest absolute Gasteiger partial charge is 0.315 e. The van der Waals surface area contributed by atoms with Crippen LogP contribution in [0.3, 0.4) is 0 Å². The van der Waals surface area contributed by atoms with Crippen LogP contribution in [0.5, 0.6) is 0 Å². The summed E-state index contributed by atoms with van der Waals surface area (Å²) in [5, 5.41) is 11.1. The Morgan fingerprint density at radius 2 is 1.82 bits per heavy atom. The summed E-state index contributed by atoms with van der Waals surface area (Å²) in [7, 11) is 0. The number of aryl methyl sites for hydroxylation is 2. The third-order valence-corrected chi connectivity index (χ3v) is 8.02. The van der Waals surface area contributed by atoms with Crippen LogP contribution in [0.1, 0.15) is 61.6 Å². The fourth-order valence-corrected chi connectivity index (χ4v) is 5.81. The number of nitrogens with zero attached hydrogens (tertiary/aromatic N) is 7. The van der Waals surface area contributed by atoms with Gasteiger partial charge in [0, 0.05) is 56.9 Å². The zero-order valence-corrected chi connectivity index (χ0v) is 23.6. The van der Waals surface area contributed by atoms with Crippen LogP contribution in [0.2, 0.25) is 0 Å². The van der Waals surface area contributed by atoms with E-state index in [1.807, 2.05) is 30.9 Å². The van der Waals surface area contributed by atoms with Crippen molar-refractivity contribution >= 4 is 17.7 Å². The molecule has 2 saturated heterocycles. The van der Waals surface area contributed by atoms with E-state index in [4.69, 9.17) is 14.4 Å². The summed E-state index contributed by atoms with van der Waals surface area (Å²) in [6.45, 7) is 13.5. The topological polar surface area (TPSA) is 104 Å². The number of piperidine rings is 1. The lowest BCUT2D eigenvalue weighted by molar-refractivity contribution is 0.0490. The summed E-state index contributed by atoms with van der Waals surface area (Å²) in [6, 6.07) is 9.40. The van der Waals surface area contributed by atoms with E-state index in [0.717, 1.165) is 75.5 Å². The van der Waals surface area contributed by atoms with Gasteiger partial charge >= 0.3 is 6.01 Å². The maximum atomic E-state index is 13.1. The van der Waals surface area contributed by atoms with Crippen molar-refractivity contribution in [3.8, 4) is 11.6 Å². The van der Waals surface area contributed by atoms with E-state index in [1.54, 1.807) is 6.20 Å². The summed E-state index contributed by atoms with van der Waals surface area (Å²) >= 11 is 0. The average molecular weight is 533 g/mol. The molecule has 2 aromatic heterocycles. The number of benzene rings is 1. The van der Waals surface area contributed by atoms with Gasteiger partial charge in [0.15, 0.2) is 0 Å². The van der Waals surface area contributed by atoms with Gasteiger partial charge in [-0.2, -0.15) is 0 Å². The minimum atomic E-state index is 0.156. The van der Waals surface area contributed by atoms with Crippen LogP contribution in [0, 0.1) is 6.92 Å². The molecule has 1 N–H and O–H groups in total. The quantitative estimate of drug-likeness (QED) is 0.460. The van der Waals surface area contributed by atoms with Gasteiger partial charge in [0.1, 0.15) is 11.5 Å². The van der Waals surface area contributed by atoms with Gasteiger partial charge in [-0.25, -0.2) is 9.97 Å². The Balaban J connectivity index is 1.19. The van der Waals surface area contributed by atoms with Crippen LogP contribution in [-0.4, -0.2) is 87.2 Å². The monoisotopic (exact) mass is 532 g/mol.